The number of hydrogen-bond acceptors (Lipinski definition) is 9. The molecule has 8 nitrogen and oxygen atoms in total. The number of halogens is 5. The van der Waals surface area contributed by atoms with Crippen molar-refractivity contribution < 1.29 is 22.3 Å². The summed E-state index contributed by atoms with van der Waals surface area (Å²) in [6, 6.07) is 6.31. The molecule has 0 unspecified atom stereocenters. The minimum atomic E-state index is -3.06. The summed E-state index contributed by atoms with van der Waals surface area (Å²) < 4.78 is 66.1. The predicted molar refractivity (Wildman–Crippen MR) is 149 cm³/mol. The Morgan fingerprint density at radius 2 is 2.08 bits per heavy atom. The van der Waals surface area contributed by atoms with Gasteiger partial charge >= 0.3 is 6.01 Å². The number of para-hydroxylation sites is 1. The number of nitrogens with two attached hydrogens (primary N) is 1. The largest absolute Gasteiger partial charge is 0.462 e. The number of likely N-dealkylation sites (tertiary alicyclic amines) is 1. The van der Waals surface area contributed by atoms with Gasteiger partial charge in [0.05, 0.1) is 28.3 Å². The van der Waals surface area contributed by atoms with Crippen LogP contribution in [-0.2, 0) is 0 Å². The number of rotatable bonds is 5. The van der Waals surface area contributed by atoms with E-state index in [4.69, 9.17) is 22.1 Å². The fourth-order valence-corrected chi connectivity index (χ4v) is 6.39. The molecule has 0 spiro atoms. The lowest BCUT2D eigenvalue weighted by Crippen LogP contribution is -2.39. The fourth-order valence-electron chi connectivity index (χ4n) is 5.34. The van der Waals surface area contributed by atoms with Gasteiger partial charge in [-0.05, 0) is 25.6 Å². The summed E-state index contributed by atoms with van der Waals surface area (Å²) in [6.07, 6.45) is -0.710. The van der Waals surface area contributed by atoms with E-state index in [0.717, 1.165) is 4.70 Å². The van der Waals surface area contributed by atoms with Crippen molar-refractivity contribution in [3.63, 3.8) is 0 Å². The van der Waals surface area contributed by atoms with Gasteiger partial charge in [-0.15, -0.1) is 0 Å². The van der Waals surface area contributed by atoms with Crippen molar-refractivity contribution in [2.24, 2.45) is 0 Å². The van der Waals surface area contributed by atoms with Crippen molar-refractivity contribution in [3.05, 3.63) is 35.1 Å². The summed E-state index contributed by atoms with van der Waals surface area (Å²) in [4.78, 5) is 16.4. The molecule has 0 aliphatic carbocycles. The summed E-state index contributed by atoms with van der Waals surface area (Å²) in [5.41, 5.74) is 6.73. The van der Waals surface area contributed by atoms with Crippen molar-refractivity contribution in [3.8, 4) is 17.1 Å². The molecular formula is C26H26ClF4N7OS. The van der Waals surface area contributed by atoms with Crippen molar-refractivity contribution >= 4 is 55.0 Å². The normalized spacial score (nSPS) is 21.8. The van der Waals surface area contributed by atoms with Crippen LogP contribution in [0.15, 0.2) is 24.3 Å². The first kappa shape index (κ1) is 27.2. The quantitative estimate of drug-likeness (QED) is 0.320. The van der Waals surface area contributed by atoms with E-state index in [0.29, 0.717) is 16.2 Å². The Kier molecular flexibility index (Phi) is 7.09. The van der Waals surface area contributed by atoms with Crippen LogP contribution in [0, 0.1) is 5.82 Å². The van der Waals surface area contributed by atoms with Crippen LogP contribution in [0.25, 0.3) is 32.2 Å². The molecule has 2 aromatic carbocycles. The molecule has 0 amide bonds. The van der Waals surface area contributed by atoms with Crippen LogP contribution in [0.4, 0.5) is 28.5 Å². The molecule has 3 N–H and O–H groups in total. The van der Waals surface area contributed by atoms with E-state index in [1.165, 1.54) is 22.3 Å². The van der Waals surface area contributed by atoms with Crippen molar-refractivity contribution in [2.75, 3.05) is 57.0 Å². The van der Waals surface area contributed by atoms with Gasteiger partial charge in [-0.2, -0.15) is 9.97 Å². The number of nitrogen functional groups attached to an aromatic ring is 1. The van der Waals surface area contributed by atoms with Crippen LogP contribution in [0.3, 0.4) is 0 Å². The maximum Gasteiger partial charge on any atom is 0.319 e. The summed E-state index contributed by atoms with van der Waals surface area (Å²) >= 11 is 7.93. The highest BCUT2D eigenvalue weighted by Crippen LogP contribution is 2.42. The highest BCUT2D eigenvalue weighted by Gasteiger charge is 2.36. The number of fused-ring (bicyclic) bond motifs is 2. The molecular weight excluding hydrogens is 570 g/mol. The van der Waals surface area contributed by atoms with Gasteiger partial charge < -0.3 is 20.7 Å². The van der Waals surface area contributed by atoms with E-state index in [2.05, 4.69) is 20.3 Å². The maximum atomic E-state index is 16.4. The second kappa shape index (κ2) is 10.4. The molecule has 14 heteroatoms. The van der Waals surface area contributed by atoms with Crippen molar-refractivity contribution in [1.82, 2.24) is 25.2 Å². The first-order valence-corrected chi connectivity index (χ1v) is 13.9. The molecule has 2 fully saturated rings. The lowest BCUT2D eigenvalue weighted by Gasteiger charge is -2.26. The molecule has 2 saturated heterocycles. The zero-order valence-electron chi connectivity index (χ0n) is 21.4. The molecule has 2 aromatic heterocycles. The van der Waals surface area contributed by atoms with Crippen LogP contribution >= 0.6 is 22.9 Å². The zero-order valence-corrected chi connectivity index (χ0v) is 23.0. The molecule has 0 bridgehead atoms. The number of anilines is 2. The molecule has 2 aliphatic rings. The highest BCUT2D eigenvalue weighted by atomic mass is 35.5. The van der Waals surface area contributed by atoms with Crippen LogP contribution in [0.2, 0.25) is 5.02 Å². The first-order chi connectivity index (χ1) is 19.1. The van der Waals surface area contributed by atoms with Crippen LogP contribution in [0.1, 0.15) is 6.42 Å². The number of likely N-dealkylation sites (N-methyl/N-ethyl adjacent to an activating group) is 1. The standard InChI is InChI=1S/C26H26ClF4N7OS/c1-37-9-13(28)7-14(37)10-39-25-35-22-16(23(36-25)38-6-5-33-11-26(30,31)12-38)8-17(27)19(20(22)29)15-3-2-4-18-21(15)34-24(32)40-18/h2-4,8,13-14,33H,5-7,9-12H2,1H3,(H2,32,34)/t13-,14+/m1/s1. The fraction of sp³-hybridized carbons (Fsp3) is 0.423. The van der Waals surface area contributed by atoms with E-state index < -0.39 is 31.0 Å². The number of nitrogens with zero attached hydrogens (tertiary/aromatic N) is 5. The van der Waals surface area contributed by atoms with Gasteiger partial charge in [0.2, 0.25) is 0 Å². The molecule has 4 aromatic rings. The van der Waals surface area contributed by atoms with Gasteiger partial charge in [-0.1, -0.05) is 35.1 Å². The third-order valence-corrected chi connectivity index (χ3v) is 8.40. The summed E-state index contributed by atoms with van der Waals surface area (Å²) in [5, 5.41) is 3.26. The second-order valence-electron chi connectivity index (χ2n) is 10.2. The molecule has 2 atom stereocenters. The van der Waals surface area contributed by atoms with Gasteiger partial charge in [0.15, 0.2) is 10.9 Å². The van der Waals surface area contributed by atoms with Gasteiger partial charge in [0.1, 0.15) is 24.1 Å². The van der Waals surface area contributed by atoms with Crippen LogP contribution in [0.5, 0.6) is 6.01 Å². The monoisotopic (exact) mass is 595 g/mol. The molecule has 0 saturated carbocycles. The van der Waals surface area contributed by atoms with E-state index in [1.54, 1.807) is 19.2 Å². The number of alkyl halides is 3. The number of aromatic nitrogens is 3. The van der Waals surface area contributed by atoms with Crippen molar-refractivity contribution in [2.45, 2.75) is 24.6 Å². The smallest absolute Gasteiger partial charge is 0.319 e. The Labute approximate surface area is 236 Å². The summed E-state index contributed by atoms with van der Waals surface area (Å²) in [5.74, 6) is -3.74. The Bertz CT molecular complexity index is 1590. The van der Waals surface area contributed by atoms with Gasteiger partial charge in [-0.25, -0.2) is 22.5 Å². The highest BCUT2D eigenvalue weighted by molar-refractivity contribution is 7.22. The van der Waals surface area contributed by atoms with Crippen LogP contribution < -0.4 is 20.7 Å². The lowest BCUT2D eigenvalue weighted by molar-refractivity contribution is 0.0156. The lowest BCUT2D eigenvalue weighted by atomic mass is 10.0. The predicted octanol–water partition coefficient (Wildman–Crippen LogP) is 4.75. The van der Waals surface area contributed by atoms with Gasteiger partial charge in [0, 0.05) is 42.2 Å². The summed E-state index contributed by atoms with van der Waals surface area (Å²) in [7, 11) is 1.78. The summed E-state index contributed by atoms with van der Waals surface area (Å²) in [6.45, 7) is -0.346. The molecule has 2 aliphatic heterocycles. The topological polar surface area (TPSA) is 92.4 Å². The number of benzene rings is 2. The SMILES string of the molecule is CN1C[C@H](F)C[C@H]1COc1nc(N2CCNCC(F)(F)C2)c2cc(Cl)c(-c3cccc4sc(N)nc34)c(F)c2n1. The van der Waals surface area contributed by atoms with E-state index >= 15 is 4.39 Å². The van der Waals surface area contributed by atoms with E-state index in [1.807, 2.05) is 11.0 Å². The second-order valence-corrected chi connectivity index (χ2v) is 11.6. The zero-order chi connectivity index (χ0) is 28.2. The first-order valence-electron chi connectivity index (χ1n) is 12.8. The molecule has 40 heavy (non-hydrogen) atoms. The van der Waals surface area contributed by atoms with Gasteiger partial charge in [0.25, 0.3) is 5.92 Å². The number of thiazole rings is 1. The third kappa shape index (κ3) is 5.11. The molecule has 6 rings (SSSR count). The van der Waals surface area contributed by atoms with E-state index in [9.17, 15) is 13.2 Å². The average Bonchev–Trinajstić information content (AvgIpc) is 3.37. The molecule has 212 valence electrons. The average molecular weight is 596 g/mol. The minimum absolute atomic E-state index is 0.0452. The third-order valence-electron chi connectivity index (χ3n) is 7.25. The molecule has 0 radical (unpaired) electrons. The van der Waals surface area contributed by atoms with Crippen LogP contribution in [-0.4, -0.2) is 84.4 Å². The number of nitrogens with one attached hydrogen (secondary N) is 1. The van der Waals surface area contributed by atoms with Gasteiger partial charge in [-0.3, -0.25) is 4.90 Å². The Morgan fingerprint density at radius 3 is 2.85 bits per heavy atom. The Morgan fingerprint density at radius 1 is 1.25 bits per heavy atom. The van der Waals surface area contributed by atoms with E-state index in [-0.39, 0.29) is 72.0 Å². The molecule has 4 heterocycles. The number of hydrogen-bond donors (Lipinski definition) is 2. The van der Waals surface area contributed by atoms with Crippen molar-refractivity contribution in [1.29, 1.82) is 0 Å². The Balaban J connectivity index is 1.50. The minimum Gasteiger partial charge on any atom is -0.462 e. The Hall–Kier alpha value is -3.00. The maximum absolute atomic E-state index is 16.4. The number of ether oxygens (including phenoxy) is 1.